The van der Waals surface area contributed by atoms with Gasteiger partial charge in [-0.1, -0.05) is 30.3 Å². The molecule has 0 aromatic heterocycles. The van der Waals surface area contributed by atoms with E-state index in [4.69, 9.17) is 14.2 Å². The number of ether oxygens (including phenoxy) is 3. The Hall–Kier alpha value is -2.70. The molecule has 1 unspecified atom stereocenters. The summed E-state index contributed by atoms with van der Waals surface area (Å²) in [5.41, 5.74) is 0.838. The zero-order valence-corrected chi connectivity index (χ0v) is 22.3. The molecule has 0 radical (unpaired) electrons. The molecule has 4 rings (SSSR count). The van der Waals surface area contributed by atoms with E-state index in [1.54, 1.807) is 12.1 Å². The second kappa shape index (κ2) is 12.9. The van der Waals surface area contributed by atoms with Crippen LogP contribution >= 0.6 is 0 Å². The van der Waals surface area contributed by atoms with Crippen LogP contribution in [0.5, 0.6) is 5.75 Å². The van der Waals surface area contributed by atoms with Crippen molar-refractivity contribution in [2.24, 2.45) is 0 Å². The van der Waals surface area contributed by atoms with Crippen molar-refractivity contribution in [3.63, 3.8) is 0 Å². The Morgan fingerprint density at radius 2 is 1.84 bits per heavy atom. The number of aliphatic hydroxyl groups is 1. The number of methoxy groups -OCH3 is 1. The van der Waals surface area contributed by atoms with Crippen molar-refractivity contribution in [1.29, 1.82) is 0 Å². The molecular formula is C27H36N2O8S. The van der Waals surface area contributed by atoms with E-state index in [1.165, 1.54) is 28.4 Å². The van der Waals surface area contributed by atoms with Crippen molar-refractivity contribution in [1.82, 2.24) is 9.21 Å². The molecule has 0 saturated carbocycles. The summed E-state index contributed by atoms with van der Waals surface area (Å²) in [4.78, 5) is 13.8. The van der Waals surface area contributed by atoms with E-state index in [0.29, 0.717) is 31.8 Å². The molecule has 2 aliphatic heterocycles. The normalized spacial score (nSPS) is 21.3. The van der Waals surface area contributed by atoms with E-state index in [9.17, 15) is 23.4 Å². The number of amides is 1. The molecule has 0 spiro atoms. The molecule has 11 heteroatoms. The summed E-state index contributed by atoms with van der Waals surface area (Å²) in [6.07, 6.45) is -0.518. The van der Waals surface area contributed by atoms with Gasteiger partial charge >= 0.3 is 6.09 Å². The SMILES string of the molecule is COc1ccc(S(=O)(=O)N(CC2CCCO2)C[C@@H](O)[C@H](Cc2ccccc2)N(C(=O)O)[C@H]2CCOC2)cc1. The fourth-order valence-corrected chi connectivity index (χ4v) is 6.59. The molecule has 2 aromatic rings. The third-order valence-corrected chi connectivity index (χ3v) is 8.97. The molecule has 2 N–H and O–H groups in total. The van der Waals surface area contributed by atoms with Gasteiger partial charge in [0, 0.05) is 26.3 Å². The van der Waals surface area contributed by atoms with Gasteiger partial charge in [-0.15, -0.1) is 0 Å². The highest BCUT2D eigenvalue weighted by Gasteiger charge is 2.40. The zero-order chi connectivity index (χ0) is 27.1. The van der Waals surface area contributed by atoms with E-state index < -0.39 is 34.3 Å². The first kappa shape index (κ1) is 28.3. The number of hydrogen-bond acceptors (Lipinski definition) is 7. The molecule has 38 heavy (non-hydrogen) atoms. The van der Waals surface area contributed by atoms with Crippen molar-refractivity contribution in [3.05, 3.63) is 60.2 Å². The summed E-state index contributed by atoms with van der Waals surface area (Å²) >= 11 is 0. The van der Waals surface area contributed by atoms with Crippen LogP contribution in [0.3, 0.4) is 0 Å². The van der Waals surface area contributed by atoms with Gasteiger partial charge in [0.05, 0.1) is 42.9 Å². The summed E-state index contributed by atoms with van der Waals surface area (Å²) < 4.78 is 45.1. The Balaban J connectivity index is 1.65. The van der Waals surface area contributed by atoms with Crippen LogP contribution in [-0.4, -0.2) is 98.2 Å². The first-order chi connectivity index (χ1) is 18.3. The van der Waals surface area contributed by atoms with Gasteiger partial charge in [-0.2, -0.15) is 4.31 Å². The van der Waals surface area contributed by atoms with E-state index in [0.717, 1.165) is 12.0 Å². The van der Waals surface area contributed by atoms with E-state index in [1.807, 2.05) is 30.3 Å². The Kier molecular flexibility index (Phi) is 9.61. The zero-order valence-electron chi connectivity index (χ0n) is 21.5. The van der Waals surface area contributed by atoms with Crippen LogP contribution < -0.4 is 4.74 Å². The van der Waals surface area contributed by atoms with E-state index in [2.05, 4.69) is 0 Å². The lowest BCUT2D eigenvalue weighted by molar-refractivity contribution is 0.0116. The maximum absolute atomic E-state index is 13.8. The van der Waals surface area contributed by atoms with Crippen LogP contribution in [0, 0.1) is 0 Å². The highest BCUT2D eigenvalue weighted by Crippen LogP contribution is 2.26. The van der Waals surface area contributed by atoms with Gasteiger partial charge in [0.25, 0.3) is 0 Å². The largest absolute Gasteiger partial charge is 0.497 e. The summed E-state index contributed by atoms with van der Waals surface area (Å²) in [5.74, 6) is 0.522. The third-order valence-electron chi connectivity index (χ3n) is 7.13. The van der Waals surface area contributed by atoms with Crippen molar-refractivity contribution in [3.8, 4) is 5.75 Å². The summed E-state index contributed by atoms with van der Waals surface area (Å²) in [6, 6.07) is 14.0. The molecule has 4 atom stereocenters. The molecule has 2 aliphatic rings. The molecule has 1 amide bonds. The highest BCUT2D eigenvalue weighted by molar-refractivity contribution is 7.89. The number of benzene rings is 2. The lowest BCUT2D eigenvalue weighted by Crippen LogP contribution is -2.56. The third kappa shape index (κ3) is 6.83. The highest BCUT2D eigenvalue weighted by atomic mass is 32.2. The van der Waals surface area contributed by atoms with Gasteiger partial charge in [0.2, 0.25) is 10.0 Å². The Morgan fingerprint density at radius 3 is 2.42 bits per heavy atom. The number of rotatable bonds is 12. The Morgan fingerprint density at radius 1 is 1.11 bits per heavy atom. The van der Waals surface area contributed by atoms with Crippen molar-refractivity contribution < 1.29 is 37.6 Å². The standard InChI is InChI=1S/C27H36N2O8S/c1-35-22-9-11-24(12-10-22)38(33,34)28(17-23-8-5-14-37-23)18-26(30)25(16-20-6-3-2-4-7-20)29(27(31)32)21-13-15-36-19-21/h2-4,6-7,9-12,21,23,25-26,30H,5,8,13-19H2,1H3,(H,31,32)/t21-,23?,25-,26+/m0/s1. The molecule has 2 aromatic carbocycles. The number of carboxylic acid groups (broad SMARTS) is 1. The number of hydrogen-bond donors (Lipinski definition) is 2. The number of nitrogens with zero attached hydrogens (tertiary/aromatic N) is 2. The predicted octanol–water partition coefficient (Wildman–Crippen LogP) is 2.61. The molecule has 10 nitrogen and oxygen atoms in total. The first-order valence-corrected chi connectivity index (χ1v) is 14.3. The minimum Gasteiger partial charge on any atom is -0.497 e. The number of carbonyl (C=O) groups is 1. The summed E-state index contributed by atoms with van der Waals surface area (Å²) in [7, 11) is -2.53. The maximum Gasteiger partial charge on any atom is 0.407 e. The smallest absolute Gasteiger partial charge is 0.407 e. The van der Waals surface area contributed by atoms with E-state index >= 15 is 0 Å². The van der Waals surface area contributed by atoms with Crippen LogP contribution in [0.4, 0.5) is 4.79 Å². The van der Waals surface area contributed by atoms with Gasteiger partial charge in [-0.05, 0) is 55.5 Å². The van der Waals surface area contributed by atoms with Crippen LogP contribution in [0.1, 0.15) is 24.8 Å². The Labute approximate surface area is 223 Å². The first-order valence-electron chi connectivity index (χ1n) is 12.9. The summed E-state index contributed by atoms with van der Waals surface area (Å²) in [6.45, 7) is 0.981. The minimum absolute atomic E-state index is 0.0578. The van der Waals surface area contributed by atoms with Gasteiger partial charge < -0.3 is 24.4 Å². The Bertz CT molecular complexity index is 1130. The quantitative estimate of drug-likeness (QED) is 0.415. The molecule has 2 fully saturated rings. The monoisotopic (exact) mass is 548 g/mol. The number of sulfonamides is 1. The second-order valence-corrected chi connectivity index (χ2v) is 11.6. The van der Waals surface area contributed by atoms with E-state index in [-0.39, 0.29) is 37.1 Å². The molecule has 2 saturated heterocycles. The van der Waals surface area contributed by atoms with Crippen molar-refractivity contribution >= 4 is 16.1 Å². The lowest BCUT2D eigenvalue weighted by atomic mass is 9.97. The fraction of sp³-hybridized carbons (Fsp3) is 0.519. The number of aliphatic hydroxyl groups excluding tert-OH is 1. The van der Waals surface area contributed by atoms with Crippen LogP contribution in [0.2, 0.25) is 0 Å². The minimum atomic E-state index is -4.03. The van der Waals surface area contributed by atoms with Crippen LogP contribution in [0.25, 0.3) is 0 Å². The van der Waals surface area contributed by atoms with Gasteiger partial charge in [-0.3, -0.25) is 4.90 Å². The molecule has 208 valence electrons. The fourth-order valence-electron chi connectivity index (χ4n) is 5.10. The predicted molar refractivity (Wildman–Crippen MR) is 140 cm³/mol. The van der Waals surface area contributed by atoms with Gasteiger partial charge in [-0.25, -0.2) is 13.2 Å². The van der Waals surface area contributed by atoms with Crippen molar-refractivity contribution in [2.45, 2.75) is 54.9 Å². The molecule has 2 heterocycles. The van der Waals surface area contributed by atoms with Gasteiger partial charge in [0.15, 0.2) is 0 Å². The molecular weight excluding hydrogens is 512 g/mol. The summed E-state index contributed by atoms with van der Waals surface area (Å²) in [5, 5.41) is 21.8. The van der Waals surface area contributed by atoms with Crippen LogP contribution in [0.15, 0.2) is 59.5 Å². The lowest BCUT2D eigenvalue weighted by Gasteiger charge is -2.38. The topological polar surface area (TPSA) is 126 Å². The maximum atomic E-state index is 13.8. The van der Waals surface area contributed by atoms with Crippen LogP contribution in [-0.2, 0) is 25.9 Å². The second-order valence-electron chi connectivity index (χ2n) is 9.66. The molecule has 0 aliphatic carbocycles. The molecule has 0 bridgehead atoms. The van der Waals surface area contributed by atoms with Gasteiger partial charge in [0.1, 0.15) is 5.75 Å². The van der Waals surface area contributed by atoms with Crippen molar-refractivity contribution in [2.75, 3.05) is 40.0 Å². The average Bonchev–Trinajstić information content (AvgIpc) is 3.63. The average molecular weight is 549 g/mol.